The fraction of sp³-hybridized carbons (Fsp3) is 0.400. The van der Waals surface area contributed by atoms with Crippen LogP contribution >= 0.6 is 27.7 Å². The molecule has 2 unspecified atom stereocenters. The Hall–Kier alpha value is -1.41. The Morgan fingerprint density at radius 2 is 1.93 bits per heavy atom. The number of rotatable bonds is 5. The molecule has 0 radical (unpaired) electrons. The van der Waals surface area contributed by atoms with Crippen LogP contribution in [0.15, 0.2) is 45.8 Å². The van der Waals surface area contributed by atoms with Crippen molar-refractivity contribution < 1.29 is 22.3 Å². The summed E-state index contributed by atoms with van der Waals surface area (Å²) in [5.74, 6) is -3.29. The van der Waals surface area contributed by atoms with Crippen LogP contribution in [-0.4, -0.2) is 25.1 Å². The first-order valence-corrected chi connectivity index (χ1v) is 10.4. The molecule has 0 N–H and O–H groups in total. The molecule has 28 heavy (non-hydrogen) atoms. The SMILES string of the molecule is COc1cc2c(cc1Br)N(c1ccc(F)cc1)CC(CCC(C)(F)F)C(F)S2. The third-order valence-electron chi connectivity index (χ3n) is 4.64. The number of alkyl halides is 3. The van der Waals surface area contributed by atoms with Gasteiger partial charge in [-0.3, -0.25) is 0 Å². The summed E-state index contributed by atoms with van der Waals surface area (Å²) in [5.41, 5.74) is 0.0396. The van der Waals surface area contributed by atoms with E-state index < -0.39 is 17.3 Å². The van der Waals surface area contributed by atoms with Gasteiger partial charge in [-0.1, -0.05) is 11.8 Å². The van der Waals surface area contributed by atoms with Gasteiger partial charge in [-0.15, -0.1) is 0 Å². The number of hydrogen-bond acceptors (Lipinski definition) is 3. The van der Waals surface area contributed by atoms with Crippen LogP contribution in [0, 0.1) is 11.7 Å². The molecule has 0 aliphatic carbocycles. The third kappa shape index (κ3) is 4.95. The van der Waals surface area contributed by atoms with Gasteiger partial charge in [0.2, 0.25) is 5.92 Å². The van der Waals surface area contributed by atoms with E-state index in [4.69, 9.17) is 4.74 Å². The molecule has 2 nitrogen and oxygen atoms in total. The minimum atomic E-state index is -2.85. The van der Waals surface area contributed by atoms with Crippen LogP contribution in [0.2, 0.25) is 0 Å². The maximum absolute atomic E-state index is 15.0. The van der Waals surface area contributed by atoms with E-state index in [1.165, 1.54) is 19.2 Å². The molecule has 0 saturated carbocycles. The van der Waals surface area contributed by atoms with Crippen molar-refractivity contribution in [3.8, 4) is 5.75 Å². The summed E-state index contributed by atoms with van der Waals surface area (Å²) < 4.78 is 61.2. The molecule has 0 bridgehead atoms. The molecule has 1 aliphatic heterocycles. The number of thioether (sulfide) groups is 1. The second kappa shape index (κ2) is 8.53. The Bertz CT molecular complexity index is 828. The number of fused-ring (bicyclic) bond motifs is 1. The maximum Gasteiger partial charge on any atom is 0.245 e. The first kappa shape index (κ1) is 21.3. The quantitative estimate of drug-likeness (QED) is 0.422. The average molecular weight is 478 g/mol. The predicted molar refractivity (Wildman–Crippen MR) is 108 cm³/mol. The Morgan fingerprint density at radius 3 is 2.54 bits per heavy atom. The summed E-state index contributed by atoms with van der Waals surface area (Å²) in [6.07, 6.45) is -0.346. The summed E-state index contributed by atoms with van der Waals surface area (Å²) in [6.45, 7) is 1.06. The van der Waals surface area contributed by atoms with Crippen molar-refractivity contribution in [2.75, 3.05) is 18.6 Å². The van der Waals surface area contributed by atoms with Gasteiger partial charge in [-0.25, -0.2) is 17.6 Å². The smallest absolute Gasteiger partial charge is 0.245 e. The van der Waals surface area contributed by atoms with Crippen molar-refractivity contribution in [1.29, 1.82) is 0 Å². The third-order valence-corrected chi connectivity index (χ3v) is 6.45. The lowest BCUT2D eigenvalue weighted by Crippen LogP contribution is -2.29. The number of anilines is 2. The number of nitrogens with zero attached hydrogens (tertiary/aromatic N) is 1. The van der Waals surface area contributed by atoms with Gasteiger partial charge < -0.3 is 9.64 Å². The second-order valence-corrected chi connectivity index (χ2v) is 8.86. The Labute approximate surface area is 174 Å². The number of benzene rings is 2. The lowest BCUT2D eigenvalue weighted by atomic mass is 10.0. The first-order chi connectivity index (χ1) is 13.2. The molecule has 0 spiro atoms. The van der Waals surface area contributed by atoms with Crippen LogP contribution < -0.4 is 9.64 Å². The van der Waals surface area contributed by atoms with Crippen LogP contribution in [0.3, 0.4) is 0 Å². The number of methoxy groups -OCH3 is 1. The Kier molecular flexibility index (Phi) is 6.49. The fourth-order valence-corrected chi connectivity index (χ4v) is 4.76. The number of hydrogen-bond donors (Lipinski definition) is 0. The predicted octanol–water partition coefficient (Wildman–Crippen LogP) is 7.19. The summed E-state index contributed by atoms with van der Waals surface area (Å²) in [7, 11) is 1.52. The van der Waals surface area contributed by atoms with Crippen molar-refractivity contribution in [3.05, 3.63) is 46.7 Å². The fourth-order valence-electron chi connectivity index (χ4n) is 3.15. The van der Waals surface area contributed by atoms with Gasteiger partial charge in [0.1, 0.15) is 11.6 Å². The Morgan fingerprint density at radius 1 is 1.25 bits per heavy atom. The molecule has 0 aromatic heterocycles. The van der Waals surface area contributed by atoms with Crippen molar-refractivity contribution in [3.63, 3.8) is 0 Å². The molecule has 8 heteroatoms. The lowest BCUT2D eigenvalue weighted by Gasteiger charge is -2.29. The van der Waals surface area contributed by atoms with E-state index in [2.05, 4.69) is 15.9 Å². The Balaban J connectivity index is 2.02. The zero-order chi connectivity index (χ0) is 20.5. The van der Waals surface area contributed by atoms with E-state index in [1.807, 2.05) is 11.0 Å². The minimum absolute atomic E-state index is 0.0433. The highest BCUT2D eigenvalue weighted by Gasteiger charge is 2.34. The van der Waals surface area contributed by atoms with Crippen LogP contribution in [0.25, 0.3) is 0 Å². The van der Waals surface area contributed by atoms with E-state index in [1.54, 1.807) is 18.2 Å². The minimum Gasteiger partial charge on any atom is -0.496 e. The molecule has 1 aliphatic rings. The van der Waals surface area contributed by atoms with Crippen LogP contribution in [0.4, 0.5) is 28.9 Å². The molecule has 3 rings (SSSR count). The van der Waals surface area contributed by atoms with Crippen LogP contribution in [0.1, 0.15) is 19.8 Å². The molecule has 0 amide bonds. The highest BCUT2D eigenvalue weighted by molar-refractivity contribution is 9.10. The van der Waals surface area contributed by atoms with Crippen molar-refractivity contribution in [1.82, 2.24) is 0 Å². The molecule has 152 valence electrons. The van der Waals surface area contributed by atoms with Gasteiger partial charge in [0.25, 0.3) is 0 Å². The normalized spacial score (nSPS) is 19.9. The topological polar surface area (TPSA) is 12.5 Å². The van der Waals surface area contributed by atoms with Gasteiger partial charge in [0, 0.05) is 29.5 Å². The van der Waals surface area contributed by atoms with Gasteiger partial charge in [-0.05, 0) is 65.7 Å². The molecule has 2 aromatic rings. The average Bonchev–Trinajstić information content (AvgIpc) is 2.76. The van der Waals surface area contributed by atoms with Crippen molar-refractivity contribution in [2.24, 2.45) is 5.92 Å². The van der Waals surface area contributed by atoms with E-state index in [9.17, 15) is 13.2 Å². The van der Waals surface area contributed by atoms with Gasteiger partial charge >= 0.3 is 0 Å². The maximum atomic E-state index is 15.0. The van der Waals surface area contributed by atoms with Gasteiger partial charge in [0.05, 0.1) is 17.3 Å². The number of halogens is 5. The molecule has 2 atom stereocenters. The molecular formula is C20H20BrF4NOS. The summed E-state index contributed by atoms with van der Waals surface area (Å²) in [5, 5.41) is 0. The molecular weight excluding hydrogens is 458 g/mol. The summed E-state index contributed by atoms with van der Waals surface area (Å²) in [6, 6.07) is 9.40. The highest BCUT2D eigenvalue weighted by atomic mass is 79.9. The molecule has 0 saturated heterocycles. The number of ether oxygens (including phenoxy) is 1. The zero-order valence-electron chi connectivity index (χ0n) is 15.4. The van der Waals surface area contributed by atoms with E-state index in [-0.39, 0.29) is 25.2 Å². The van der Waals surface area contributed by atoms with E-state index in [0.29, 0.717) is 20.8 Å². The largest absolute Gasteiger partial charge is 0.496 e. The second-order valence-electron chi connectivity index (χ2n) is 6.88. The van der Waals surface area contributed by atoms with E-state index >= 15 is 4.39 Å². The standard InChI is InChI=1S/C20H20BrF4NOS/c1-20(24,25)8-7-12-11-26(14-5-3-13(22)4-6-14)16-9-15(21)17(27-2)10-18(16)28-19(12)23/h3-6,9-10,12,19H,7-8,11H2,1-2H3. The van der Waals surface area contributed by atoms with E-state index in [0.717, 1.165) is 24.4 Å². The lowest BCUT2D eigenvalue weighted by molar-refractivity contribution is 0.00550. The van der Waals surface area contributed by atoms with Crippen LogP contribution in [0.5, 0.6) is 5.75 Å². The summed E-state index contributed by atoms with van der Waals surface area (Å²) in [4.78, 5) is 2.49. The van der Waals surface area contributed by atoms with Crippen molar-refractivity contribution >= 4 is 39.1 Å². The summed E-state index contributed by atoms with van der Waals surface area (Å²) >= 11 is 4.45. The first-order valence-electron chi connectivity index (χ1n) is 8.77. The van der Waals surface area contributed by atoms with Crippen molar-refractivity contribution in [2.45, 2.75) is 36.1 Å². The molecule has 0 fully saturated rings. The monoisotopic (exact) mass is 477 g/mol. The van der Waals surface area contributed by atoms with Crippen LogP contribution in [-0.2, 0) is 0 Å². The highest BCUT2D eigenvalue weighted by Crippen LogP contribution is 2.48. The molecule has 1 heterocycles. The van der Waals surface area contributed by atoms with Gasteiger partial charge in [-0.2, -0.15) is 0 Å². The zero-order valence-corrected chi connectivity index (χ0v) is 17.8. The molecule has 2 aromatic carbocycles. The van der Waals surface area contributed by atoms with Gasteiger partial charge in [0.15, 0.2) is 5.50 Å².